The summed E-state index contributed by atoms with van der Waals surface area (Å²) in [6, 6.07) is 13.9. The minimum atomic E-state index is -3.46. The van der Waals surface area contributed by atoms with Crippen LogP contribution in [-0.4, -0.2) is 20.1 Å². The van der Waals surface area contributed by atoms with Crippen molar-refractivity contribution in [3.8, 4) is 0 Å². The number of rotatable bonds is 6. The molecule has 0 saturated heterocycles. The van der Waals surface area contributed by atoms with Gasteiger partial charge in [-0.3, -0.25) is 4.79 Å². The Kier molecular flexibility index (Phi) is 5.96. The molecule has 6 heteroatoms. The second-order valence-electron chi connectivity index (χ2n) is 5.12. The molecule has 23 heavy (non-hydrogen) atoms. The van der Waals surface area contributed by atoms with Crippen LogP contribution in [0.15, 0.2) is 57.9 Å². The van der Waals surface area contributed by atoms with Crippen LogP contribution in [0.2, 0.25) is 0 Å². The lowest BCUT2D eigenvalue weighted by atomic mass is 10.1. The molecule has 0 spiro atoms. The minimum Gasteiger partial charge on any atom is -0.326 e. The number of aryl methyl sites for hydroxylation is 1. The summed E-state index contributed by atoms with van der Waals surface area (Å²) in [5.41, 5.74) is 1.86. The van der Waals surface area contributed by atoms with Gasteiger partial charge in [-0.2, -0.15) is 0 Å². The third-order valence-electron chi connectivity index (χ3n) is 3.42. The summed E-state index contributed by atoms with van der Waals surface area (Å²) < 4.78 is 25.2. The van der Waals surface area contributed by atoms with E-state index in [4.69, 9.17) is 0 Å². The summed E-state index contributed by atoms with van der Waals surface area (Å²) >= 11 is 3.26. The standard InChI is InChI=1S/C17H18BrNO3S/c1-2-13-3-7-15(8-4-13)19-17(20)11-12-23(21,22)16-9-5-14(18)6-10-16/h3-10H,2,11-12H2,1H3,(H,19,20). The minimum absolute atomic E-state index is 0.0755. The molecule has 122 valence electrons. The van der Waals surface area contributed by atoms with Crippen LogP contribution >= 0.6 is 15.9 Å². The summed E-state index contributed by atoms with van der Waals surface area (Å²) in [6.07, 6.45) is 0.855. The van der Waals surface area contributed by atoms with E-state index in [1.807, 2.05) is 24.3 Å². The van der Waals surface area contributed by atoms with Crippen LogP contribution in [-0.2, 0) is 21.1 Å². The molecule has 0 aliphatic carbocycles. The fraction of sp³-hybridized carbons (Fsp3) is 0.235. The zero-order valence-electron chi connectivity index (χ0n) is 12.8. The fourth-order valence-corrected chi connectivity index (χ4v) is 3.54. The Hall–Kier alpha value is -1.66. The highest BCUT2D eigenvalue weighted by atomic mass is 79.9. The quantitative estimate of drug-likeness (QED) is 0.808. The number of anilines is 1. The number of halogens is 1. The van der Waals surface area contributed by atoms with Gasteiger partial charge in [0.05, 0.1) is 10.6 Å². The van der Waals surface area contributed by atoms with E-state index >= 15 is 0 Å². The number of amides is 1. The van der Waals surface area contributed by atoms with E-state index in [0.717, 1.165) is 10.9 Å². The summed E-state index contributed by atoms with van der Waals surface area (Å²) in [5.74, 6) is -0.525. The lowest BCUT2D eigenvalue weighted by Gasteiger charge is -2.07. The average molecular weight is 396 g/mol. The normalized spacial score (nSPS) is 11.2. The Morgan fingerprint density at radius 1 is 1.04 bits per heavy atom. The molecule has 0 bridgehead atoms. The first-order chi connectivity index (χ1) is 10.9. The molecular formula is C17H18BrNO3S. The molecule has 0 aromatic heterocycles. The van der Waals surface area contributed by atoms with Crippen LogP contribution in [0.25, 0.3) is 0 Å². The third kappa shape index (κ3) is 5.18. The van der Waals surface area contributed by atoms with Gasteiger partial charge in [-0.1, -0.05) is 35.0 Å². The van der Waals surface area contributed by atoms with Crippen LogP contribution in [0.1, 0.15) is 18.9 Å². The first-order valence-electron chi connectivity index (χ1n) is 7.28. The molecule has 2 aromatic rings. The van der Waals surface area contributed by atoms with Gasteiger partial charge in [0.1, 0.15) is 0 Å². The molecule has 0 atom stereocenters. The van der Waals surface area contributed by atoms with Gasteiger partial charge >= 0.3 is 0 Å². The van der Waals surface area contributed by atoms with E-state index < -0.39 is 9.84 Å². The largest absolute Gasteiger partial charge is 0.326 e. The Morgan fingerprint density at radius 2 is 1.65 bits per heavy atom. The molecule has 4 nitrogen and oxygen atoms in total. The van der Waals surface area contributed by atoms with E-state index in [9.17, 15) is 13.2 Å². The van der Waals surface area contributed by atoms with Crippen LogP contribution in [0.5, 0.6) is 0 Å². The van der Waals surface area contributed by atoms with E-state index in [0.29, 0.717) is 5.69 Å². The number of nitrogens with one attached hydrogen (secondary N) is 1. The summed E-state index contributed by atoms with van der Waals surface area (Å²) in [6.45, 7) is 2.06. The highest BCUT2D eigenvalue weighted by Gasteiger charge is 2.16. The SMILES string of the molecule is CCc1ccc(NC(=O)CCS(=O)(=O)c2ccc(Br)cc2)cc1. The molecule has 2 rings (SSSR count). The van der Waals surface area contributed by atoms with Crippen molar-refractivity contribution in [1.82, 2.24) is 0 Å². The van der Waals surface area contributed by atoms with Gasteiger partial charge in [-0.15, -0.1) is 0 Å². The van der Waals surface area contributed by atoms with Crippen LogP contribution in [0.4, 0.5) is 5.69 Å². The Morgan fingerprint density at radius 3 is 2.22 bits per heavy atom. The van der Waals surface area contributed by atoms with Crippen molar-refractivity contribution in [1.29, 1.82) is 0 Å². The van der Waals surface area contributed by atoms with Gasteiger partial charge in [-0.25, -0.2) is 8.42 Å². The molecule has 0 heterocycles. The molecule has 0 saturated carbocycles. The maximum atomic E-state index is 12.2. The fourth-order valence-electron chi connectivity index (χ4n) is 2.03. The molecule has 1 amide bonds. The van der Waals surface area contributed by atoms with E-state index in [-0.39, 0.29) is 23.0 Å². The second kappa shape index (κ2) is 7.75. The van der Waals surface area contributed by atoms with E-state index in [2.05, 4.69) is 28.2 Å². The number of hydrogen-bond acceptors (Lipinski definition) is 3. The summed E-state index contributed by atoms with van der Waals surface area (Å²) in [7, 11) is -3.46. The Bertz CT molecular complexity index is 768. The highest BCUT2D eigenvalue weighted by molar-refractivity contribution is 9.10. The van der Waals surface area contributed by atoms with Crippen LogP contribution in [0.3, 0.4) is 0 Å². The van der Waals surface area contributed by atoms with Gasteiger partial charge in [0.2, 0.25) is 5.91 Å². The third-order valence-corrected chi connectivity index (χ3v) is 5.68. The lowest BCUT2D eigenvalue weighted by molar-refractivity contribution is -0.115. The smallest absolute Gasteiger partial charge is 0.225 e. The predicted octanol–water partition coefficient (Wildman–Crippen LogP) is 3.81. The summed E-state index contributed by atoms with van der Waals surface area (Å²) in [4.78, 5) is 12.1. The van der Waals surface area contributed by atoms with Gasteiger partial charge in [0.25, 0.3) is 0 Å². The van der Waals surface area contributed by atoms with Crippen molar-refractivity contribution in [2.75, 3.05) is 11.1 Å². The Labute approximate surface area is 145 Å². The maximum Gasteiger partial charge on any atom is 0.225 e. The number of hydrogen-bond donors (Lipinski definition) is 1. The first-order valence-corrected chi connectivity index (χ1v) is 9.72. The molecule has 0 unspecified atom stereocenters. The molecule has 2 aromatic carbocycles. The van der Waals surface area contributed by atoms with Crippen molar-refractivity contribution < 1.29 is 13.2 Å². The zero-order valence-corrected chi connectivity index (χ0v) is 15.2. The monoisotopic (exact) mass is 395 g/mol. The average Bonchev–Trinajstić information content (AvgIpc) is 2.54. The van der Waals surface area contributed by atoms with Gasteiger partial charge in [0, 0.05) is 16.6 Å². The lowest BCUT2D eigenvalue weighted by Crippen LogP contribution is -2.17. The number of sulfone groups is 1. The molecule has 0 aliphatic heterocycles. The molecule has 0 radical (unpaired) electrons. The molecule has 0 fully saturated rings. The molecular weight excluding hydrogens is 378 g/mol. The van der Waals surface area contributed by atoms with Gasteiger partial charge < -0.3 is 5.32 Å². The summed E-state index contributed by atoms with van der Waals surface area (Å²) in [5, 5.41) is 2.72. The highest BCUT2D eigenvalue weighted by Crippen LogP contribution is 2.17. The first kappa shape index (κ1) is 17.7. The maximum absolute atomic E-state index is 12.2. The van der Waals surface area contributed by atoms with Crippen molar-refractivity contribution in [3.63, 3.8) is 0 Å². The van der Waals surface area contributed by atoms with E-state index in [1.54, 1.807) is 12.1 Å². The number of carbonyl (C=O) groups excluding carboxylic acids is 1. The van der Waals surface area contributed by atoms with E-state index in [1.165, 1.54) is 17.7 Å². The molecule has 0 aliphatic rings. The van der Waals surface area contributed by atoms with Crippen LogP contribution < -0.4 is 5.32 Å². The number of carbonyl (C=O) groups is 1. The Balaban J connectivity index is 1.93. The van der Waals surface area contributed by atoms with Crippen LogP contribution in [0, 0.1) is 0 Å². The van der Waals surface area contributed by atoms with Crippen molar-refractivity contribution in [2.24, 2.45) is 0 Å². The number of benzene rings is 2. The second-order valence-corrected chi connectivity index (χ2v) is 8.15. The zero-order chi connectivity index (χ0) is 16.9. The van der Waals surface area contributed by atoms with Crippen molar-refractivity contribution in [3.05, 3.63) is 58.6 Å². The van der Waals surface area contributed by atoms with Crippen molar-refractivity contribution >= 4 is 37.4 Å². The predicted molar refractivity (Wildman–Crippen MR) is 95.3 cm³/mol. The van der Waals surface area contributed by atoms with Gasteiger partial charge in [0.15, 0.2) is 9.84 Å². The molecule has 1 N–H and O–H groups in total. The van der Waals surface area contributed by atoms with Gasteiger partial charge in [-0.05, 0) is 48.4 Å². The topological polar surface area (TPSA) is 63.2 Å². The van der Waals surface area contributed by atoms with Crippen molar-refractivity contribution in [2.45, 2.75) is 24.7 Å².